The summed E-state index contributed by atoms with van der Waals surface area (Å²) in [6, 6.07) is 7.79. The normalized spacial score (nSPS) is 12.7. The monoisotopic (exact) mass is 311 g/mol. The molecule has 1 heterocycles. The molecule has 2 rings (SSSR count). The van der Waals surface area contributed by atoms with Crippen molar-refractivity contribution in [1.82, 2.24) is 9.78 Å². The molecule has 3 nitrogen and oxygen atoms in total. The number of aromatic nitrogens is 2. The second kappa shape index (κ2) is 6.61. The Labute approximate surface area is 129 Å². The van der Waals surface area contributed by atoms with Gasteiger partial charge < -0.3 is 5.73 Å². The summed E-state index contributed by atoms with van der Waals surface area (Å²) in [6.07, 6.45) is 1.48. The molecule has 20 heavy (non-hydrogen) atoms. The van der Waals surface area contributed by atoms with E-state index >= 15 is 0 Å². The molecule has 1 aromatic heterocycles. The summed E-state index contributed by atoms with van der Waals surface area (Å²) < 4.78 is 1.93. The van der Waals surface area contributed by atoms with Crippen LogP contribution < -0.4 is 5.73 Å². The van der Waals surface area contributed by atoms with E-state index in [0.29, 0.717) is 6.42 Å². The summed E-state index contributed by atoms with van der Waals surface area (Å²) in [5.41, 5.74) is 9.26. The average molecular weight is 312 g/mol. The molecule has 0 fully saturated rings. The molecule has 0 saturated heterocycles. The first-order chi connectivity index (χ1) is 9.51. The fraction of sp³-hybridized carbons (Fsp3) is 0.400. The van der Waals surface area contributed by atoms with E-state index in [4.69, 9.17) is 28.9 Å². The number of benzene rings is 1. The van der Waals surface area contributed by atoms with Crippen LogP contribution in [0.2, 0.25) is 10.0 Å². The molecule has 0 aliphatic heterocycles. The number of nitrogens with zero attached hydrogens (tertiary/aromatic N) is 2. The topological polar surface area (TPSA) is 43.8 Å². The van der Waals surface area contributed by atoms with Gasteiger partial charge in [0.25, 0.3) is 0 Å². The van der Waals surface area contributed by atoms with Crippen molar-refractivity contribution in [1.29, 1.82) is 0 Å². The van der Waals surface area contributed by atoms with E-state index in [1.807, 2.05) is 35.9 Å². The highest BCUT2D eigenvalue weighted by Gasteiger charge is 2.16. The molecule has 0 aliphatic rings. The van der Waals surface area contributed by atoms with E-state index < -0.39 is 0 Å². The zero-order valence-corrected chi connectivity index (χ0v) is 13.2. The fourth-order valence-electron chi connectivity index (χ4n) is 2.35. The Kier molecular flexibility index (Phi) is 5.08. The minimum atomic E-state index is -0.00707. The number of halogens is 2. The van der Waals surface area contributed by atoms with Crippen molar-refractivity contribution in [3.63, 3.8) is 0 Å². The number of rotatable bonds is 5. The van der Waals surface area contributed by atoms with Crippen molar-refractivity contribution in [3.05, 3.63) is 51.3 Å². The Morgan fingerprint density at radius 3 is 2.70 bits per heavy atom. The van der Waals surface area contributed by atoms with E-state index in [1.165, 1.54) is 0 Å². The molecule has 1 unspecified atom stereocenters. The number of hydrogen-bond acceptors (Lipinski definition) is 2. The third-order valence-corrected chi connectivity index (χ3v) is 4.02. The summed E-state index contributed by atoms with van der Waals surface area (Å²) in [7, 11) is 0. The van der Waals surface area contributed by atoms with Crippen molar-refractivity contribution in [3.8, 4) is 0 Å². The van der Waals surface area contributed by atoms with Crippen molar-refractivity contribution in [2.24, 2.45) is 5.73 Å². The first-order valence-corrected chi connectivity index (χ1v) is 7.48. The zero-order chi connectivity index (χ0) is 14.7. The van der Waals surface area contributed by atoms with Crippen LogP contribution in [0.25, 0.3) is 0 Å². The molecule has 0 saturated carbocycles. The Morgan fingerprint density at radius 2 is 2.05 bits per heavy atom. The summed E-state index contributed by atoms with van der Waals surface area (Å²) in [5.74, 6) is 0. The predicted octanol–water partition coefficient (Wildman–Crippen LogP) is 3.63. The maximum Gasteiger partial charge on any atom is 0.0847 e. The van der Waals surface area contributed by atoms with Gasteiger partial charge in [0.15, 0.2) is 0 Å². The van der Waals surface area contributed by atoms with Crippen LogP contribution in [0.1, 0.15) is 23.9 Å². The van der Waals surface area contributed by atoms with Gasteiger partial charge >= 0.3 is 0 Å². The molecular weight excluding hydrogens is 293 g/mol. The third kappa shape index (κ3) is 3.54. The van der Waals surface area contributed by atoms with Crippen LogP contribution in [0, 0.1) is 6.92 Å². The molecular formula is C15H19Cl2N3. The van der Waals surface area contributed by atoms with Crippen LogP contribution >= 0.6 is 23.2 Å². The van der Waals surface area contributed by atoms with Crippen LogP contribution in [0.5, 0.6) is 0 Å². The van der Waals surface area contributed by atoms with Gasteiger partial charge in [0.2, 0.25) is 0 Å². The highest BCUT2D eigenvalue weighted by atomic mass is 35.5. The van der Waals surface area contributed by atoms with Crippen LogP contribution in [-0.2, 0) is 19.4 Å². The Hall–Kier alpha value is -1.03. The first kappa shape index (κ1) is 15.4. The van der Waals surface area contributed by atoms with Crippen LogP contribution in [0.4, 0.5) is 0 Å². The van der Waals surface area contributed by atoms with Crippen molar-refractivity contribution >= 4 is 23.2 Å². The summed E-state index contributed by atoms with van der Waals surface area (Å²) in [4.78, 5) is 0. The quantitative estimate of drug-likeness (QED) is 0.916. The maximum atomic E-state index is 6.30. The molecule has 2 N–H and O–H groups in total. The lowest BCUT2D eigenvalue weighted by Gasteiger charge is -2.13. The molecule has 0 amide bonds. The fourth-order valence-corrected chi connectivity index (χ4v) is 2.78. The van der Waals surface area contributed by atoms with Crippen molar-refractivity contribution in [2.75, 3.05) is 0 Å². The molecule has 1 aromatic carbocycles. The lowest BCUT2D eigenvalue weighted by atomic mass is 10.0. The number of aryl methyl sites for hydroxylation is 2. The third-order valence-electron chi connectivity index (χ3n) is 3.30. The smallest absolute Gasteiger partial charge is 0.0847 e. The number of nitrogens with two attached hydrogens (primary N) is 1. The van der Waals surface area contributed by atoms with E-state index in [-0.39, 0.29) is 6.04 Å². The van der Waals surface area contributed by atoms with Crippen LogP contribution in [0.15, 0.2) is 24.3 Å². The van der Waals surface area contributed by atoms with Crippen molar-refractivity contribution < 1.29 is 0 Å². The highest BCUT2D eigenvalue weighted by molar-refractivity contribution is 6.31. The maximum absolute atomic E-state index is 6.30. The molecule has 0 radical (unpaired) electrons. The summed E-state index contributed by atoms with van der Waals surface area (Å²) >= 11 is 12.3. The Bertz CT molecular complexity index is 593. The van der Waals surface area contributed by atoms with Gasteiger partial charge in [0, 0.05) is 24.0 Å². The second-order valence-corrected chi connectivity index (χ2v) is 5.77. The van der Waals surface area contributed by atoms with Gasteiger partial charge in [-0.15, -0.1) is 0 Å². The lowest BCUT2D eigenvalue weighted by molar-refractivity contribution is 0.574. The molecule has 1 atom stereocenters. The van der Waals surface area contributed by atoms with Crippen LogP contribution in [-0.4, -0.2) is 15.8 Å². The van der Waals surface area contributed by atoms with Crippen LogP contribution in [0.3, 0.4) is 0 Å². The molecule has 0 bridgehead atoms. The highest BCUT2D eigenvalue weighted by Crippen LogP contribution is 2.22. The summed E-state index contributed by atoms with van der Waals surface area (Å²) in [6.45, 7) is 4.77. The van der Waals surface area contributed by atoms with Crippen molar-refractivity contribution in [2.45, 2.75) is 39.3 Å². The minimum absolute atomic E-state index is 0.00707. The van der Waals surface area contributed by atoms with Gasteiger partial charge in [-0.05, 0) is 38.0 Å². The molecule has 0 aliphatic carbocycles. The van der Waals surface area contributed by atoms with E-state index in [2.05, 4.69) is 12.0 Å². The van der Waals surface area contributed by atoms with Gasteiger partial charge in [-0.3, -0.25) is 4.68 Å². The van der Waals surface area contributed by atoms with E-state index in [1.54, 1.807) is 0 Å². The molecule has 108 valence electrons. The lowest BCUT2D eigenvalue weighted by Crippen LogP contribution is -2.27. The van der Waals surface area contributed by atoms with Gasteiger partial charge in [-0.1, -0.05) is 35.3 Å². The minimum Gasteiger partial charge on any atom is -0.327 e. The van der Waals surface area contributed by atoms with E-state index in [0.717, 1.165) is 40.0 Å². The first-order valence-electron chi connectivity index (χ1n) is 6.73. The van der Waals surface area contributed by atoms with Gasteiger partial charge in [-0.25, -0.2) is 0 Å². The Morgan fingerprint density at radius 1 is 1.30 bits per heavy atom. The summed E-state index contributed by atoms with van der Waals surface area (Å²) in [5, 5.41) is 5.88. The van der Waals surface area contributed by atoms with Gasteiger partial charge in [0.1, 0.15) is 0 Å². The molecule has 5 heteroatoms. The van der Waals surface area contributed by atoms with Gasteiger partial charge in [-0.2, -0.15) is 5.10 Å². The number of hydrogen-bond donors (Lipinski definition) is 1. The SMILES string of the molecule is CCn1nc(C)c(Cl)c1CC(N)Cc1cccc(Cl)c1. The largest absolute Gasteiger partial charge is 0.327 e. The molecule has 2 aromatic rings. The second-order valence-electron chi connectivity index (χ2n) is 4.96. The van der Waals surface area contributed by atoms with Gasteiger partial charge in [0.05, 0.1) is 16.4 Å². The Balaban J connectivity index is 2.10. The average Bonchev–Trinajstić information content (AvgIpc) is 2.66. The predicted molar refractivity (Wildman–Crippen MR) is 84.5 cm³/mol. The van der Waals surface area contributed by atoms with E-state index in [9.17, 15) is 0 Å². The molecule has 0 spiro atoms. The zero-order valence-electron chi connectivity index (χ0n) is 11.7. The standard InChI is InChI=1S/C15H19Cl2N3/c1-3-20-14(15(17)10(2)19-20)9-13(18)8-11-5-4-6-12(16)7-11/h4-7,13H,3,8-9,18H2,1-2H3.